The monoisotopic (exact) mass is 294 g/mol. The van der Waals surface area contributed by atoms with Crippen LogP contribution in [0.3, 0.4) is 0 Å². The lowest BCUT2D eigenvalue weighted by Crippen LogP contribution is -1.96. The average molecular weight is 294 g/mol. The molecule has 22 heavy (non-hydrogen) atoms. The molecule has 110 valence electrons. The summed E-state index contributed by atoms with van der Waals surface area (Å²) in [5.74, 6) is 0.459. The van der Waals surface area contributed by atoms with Gasteiger partial charge in [0.25, 0.3) is 0 Å². The first-order valence-electron chi connectivity index (χ1n) is 6.92. The molecular weight excluding hydrogens is 279 g/mol. The number of phenols is 1. The van der Waals surface area contributed by atoms with Crippen molar-refractivity contribution in [2.24, 2.45) is 0 Å². The zero-order valence-electron chi connectivity index (χ0n) is 12.0. The highest BCUT2D eigenvalue weighted by Crippen LogP contribution is 2.32. The lowest BCUT2D eigenvalue weighted by Gasteiger charge is -2.10. The number of rotatable bonds is 3. The Morgan fingerprint density at radius 2 is 1.64 bits per heavy atom. The van der Waals surface area contributed by atoms with Crippen LogP contribution in [0.1, 0.15) is 0 Å². The Bertz CT molecular complexity index is 754. The van der Waals surface area contributed by atoms with E-state index in [1.54, 1.807) is 55.6 Å². The summed E-state index contributed by atoms with van der Waals surface area (Å²) in [6, 6.07) is 17.1. The standard InChI is InChI=1S/C18H15FN2O/c1-20-18-11-12(13-6-2-4-8-15(13)19)10-16(21-18)14-7-3-5-9-17(14)22/h2-11,22H,1H3,(H,20,21). The second kappa shape index (κ2) is 5.85. The van der Waals surface area contributed by atoms with E-state index in [1.807, 2.05) is 6.07 Å². The Labute approximate surface area is 128 Å². The van der Waals surface area contributed by atoms with Crippen molar-refractivity contribution in [3.05, 3.63) is 66.5 Å². The second-order valence-electron chi connectivity index (χ2n) is 4.87. The maximum absolute atomic E-state index is 14.0. The largest absolute Gasteiger partial charge is 0.507 e. The van der Waals surface area contributed by atoms with Crippen LogP contribution in [0.2, 0.25) is 0 Å². The van der Waals surface area contributed by atoms with Gasteiger partial charge in [0, 0.05) is 18.2 Å². The number of nitrogens with zero attached hydrogens (tertiary/aromatic N) is 1. The van der Waals surface area contributed by atoms with Crippen molar-refractivity contribution < 1.29 is 9.50 Å². The van der Waals surface area contributed by atoms with E-state index in [0.29, 0.717) is 28.2 Å². The molecular formula is C18H15FN2O. The molecule has 0 amide bonds. The number of pyridine rings is 1. The molecule has 0 radical (unpaired) electrons. The number of hydrogen-bond donors (Lipinski definition) is 2. The first kappa shape index (κ1) is 14.1. The first-order chi connectivity index (χ1) is 10.7. The Kier molecular flexibility index (Phi) is 3.74. The topological polar surface area (TPSA) is 45.1 Å². The van der Waals surface area contributed by atoms with Gasteiger partial charge in [-0.15, -0.1) is 0 Å². The molecule has 0 atom stereocenters. The van der Waals surface area contributed by atoms with Crippen molar-refractivity contribution in [3.8, 4) is 28.1 Å². The van der Waals surface area contributed by atoms with E-state index >= 15 is 0 Å². The minimum absolute atomic E-state index is 0.141. The van der Waals surface area contributed by atoms with Gasteiger partial charge in [-0.2, -0.15) is 0 Å². The maximum Gasteiger partial charge on any atom is 0.131 e. The number of para-hydroxylation sites is 1. The molecule has 0 fully saturated rings. The van der Waals surface area contributed by atoms with Crippen molar-refractivity contribution in [1.29, 1.82) is 0 Å². The van der Waals surface area contributed by atoms with Crippen LogP contribution in [0.5, 0.6) is 5.75 Å². The van der Waals surface area contributed by atoms with E-state index in [0.717, 1.165) is 0 Å². The Morgan fingerprint density at radius 3 is 2.32 bits per heavy atom. The second-order valence-corrected chi connectivity index (χ2v) is 4.87. The molecule has 0 aliphatic carbocycles. The van der Waals surface area contributed by atoms with Crippen molar-refractivity contribution in [2.75, 3.05) is 12.4 Å². The van der Waals surface area contributed by atoms with Crippen molar-refractivity contribution in [2.45, 2.75) is 0 Å². The number of hydrogen-bond acceptors (Lipinski definition) is 3. The van der Waals surface area contributed by atoms with Gasteiger partial charge < -0.3 is 10.4 Å². The van der Waals surface area contributed by atoms with Crippen LogP contribution in [-0.4, -0.2) is 17.1 Å². The van der Waals surface area contributed by atoms with Crippen LogP contribution in [0, 0.1) is 5.82 Å². The summed E-state index contributed by atoms with van der Waals surface area (Å²) in [7, 11) is 1.75. The molecule has 3 aromatic rings. The van der Waals surface area contributed by atoms with E-state index in [9.17, 15) is 9.50 Å². The summed E-state index contributed by atoms with van der Waals surface area (Å²) in [5, 5.41) is 13.0. The van der Waals surface area contributed by atoms with Gasteiger partial charge in [-0.25, -0.2) is 9.37 Å². The fraction of sp³-hybridized carbons (Fsp3) is 0.0556. The van der Waals surface area contributed by atoms with Crippen LogP contribution < -0.4 is 5.32 Å². The molecule has 0 spiro atoms. The smallest absolute Gasteiger partial charge is 0.131 e. The van der Waals surface area contributed by atoms with E-state index < -0.39 is 0 Å². The van der Waals surface area contributed by atoms with E-state index in [2.05, 4.69) is 10.3 Å². The Morgan fingerprint density at radius 1 is 0.955 bits per heavy atom. The van der Waals surface area contributed by atoms with Gasteiger partial charge in [-0.05, 0) is 35.9 Å². The number of aromatic nitrogens is 1. The number of halogens is 1. The molecule has 1 aromatic heterocycles. The number of anilines is 1. The number of aromatic hydroxyl groups is 1. The van der Waals surface area contributed by atoms with Gasteiger partial charge in [-0.1, -0.05) is 30.3 Å². The van der Waals surface area contributed by atoms with Gasteiger partial charge in [0.2, 0.25) is 0 Å². The van der Waals surface area contributed by atoms with E-state index in [-0.39, 0.29) is 11.6 Å². The summed E-state index contributed by atoms with van der Waals surface area (Å²) in [6.45, 7) is 0. The molecule has 2 N–H and O–H groups in total. The zero-order chi connectivity index (χ0) is 15.5. The molecule has 2 aromatic carbocycles. The maximum atomic E-state index is 14.0. The highest BCUT2D eigenvalue weighted by Gasteiger charge is 2.11. The Balaban J connectivity index is 2.20. The minimum Gasteiger partial charge on any atom is -0.507 e. The number of nitrogens with one attached hydrogen (secondary N) is 1. The third kappa shape index (κ3) is 2.63. The van der Waals surface area contributed by atoms with Crippen LogP contribution in [0.15, 0.2) is 60.7 Å². The third-order valence-electron chi connectivity index (χ3n) is 3.45. The van der Waals surface area contributed by atoms with Gasteiger partial charge >= 0.3 is 0 Å². The van der Waals surface area contributed by atoms with Gasteiger partial charge in [-0.3, -0.25) is 0 Å². The highest BCUT2D eigenvalue weighted by atomic mass is 19.1. The molecule has 0 unspecified atom stereocenters. The van der Waals surface area contributed by atoms with Crippen molar-refractivity contribution in [3.63, 3.8) is 0 Å². The predicted molar refractivity (Wildman–Crippen MR) is 86.3 cm³/mol. The molecule has 3 nitrogen and oxygen atoms in total. The summed E-state index contributed by atoms with van der Waals surface area (Å²) < 4.78 is 14.0. The first-order valence-corrected chi connectivity index (χ1v) is 6.92. The predicted octanol–water partition coefficient (Wildman–Crippen LogP) is 4.30. The van der Waals surface area contributed by atoms with E-state index in [1.165, 1.54) is 6.07 Å². The average Bonchev–Trinajstić information content (AvgIpc) is 2.55. The number of phenolic OH excluding ortho intramolecular Hbond substituents is 1. The molecule has 0 saturated carbocycles. The summed E-state index contributed by atoms with van der Waals surface area (Å²) in [4.78, 5) is 4.44. The number of benzene rings is 2. The van der Waals surface area contributed by atoms with Crippen molar-refractivity contribution >= 4 is 5.82 Å². The van der Waals surface area contributed by atoms with Crippen molar-refractivity contribution in [1.82, 2.24) is 4.98 Å². The molecule has 0 saturated heterocycles. The van der Waals surface area contributed by atoms with Gasteiger partial charge in [0.1, 0.15) is 17.4 Å². The lowest BCUT2D eigenvalue weighted by molar-refractivity contribution is 0.477. The van der Waals surface area contributed by atoms with Crippen LogP contribution >= 0.6 is 0 Å². The molecule has 4 heteroatoms. The minimum atomic E-state index is -0.293. The van der Waals surface area contributed by atoms with E-state index in [4.69, 9.17) is 0 Å². The van der Waals surface area contributed by atoms with Gasteiger partial charge in [0.15, 0.2) is 0 Å². The Hall–Kier alpha value is -2.88. The fourth-order valence-electron chi connectivity index (χ4n) is 2.34. The quantitative estimate of drug-likeness (QED) is 0.757. The van der Waals surface area contributed by atoms with Crippen LogP contribution in [0.25, 0.3) is 22.4 Å². The zero-order valence-corrected chi connectivity index (χ0v) is 12.0. The van der Waals surface area contributed by atoms with Crippen LogP contribution in [0.4, 0.5) is 10.2 Å². The summed E-state index contributed by atoms with van der Waals surface area (Å²) in [5.41, 5.74) is 2.40. The molecule has 1 heterocycles. The highest BCUT2D eigenvalue weighted by molar-refractivity contribution is 5.76. The fourth-order valence-corrected chi connectivity index (χ4v) is 2.34. The molecule has 3 rings (SSSR count). The summed E-state index contributed by atoms with van der Waals surface area (Å²) in [6.07, 6.45) is 0. The van der Waals surface area contributed by atoms with Crippen LogP contribution in [-0.2, 0) is 0 Å². The normalized spacial score (nSPS) is 10.5. The lowest BCUT2D eigenvalue weighted by atomic mass is 10.0. The summed E-state index contributed by atoms with van der Waals surface area (Å²) >= 11 is 0. The molecule has 0 aliphatic rings. The third-order valence-corrected chi connectivity index (χ3v) is 3.45. The molecule has 0 aliphatic heterocycles. The van der Waals surface area contributed by atoms with Gasteiger partial charge in [0.05, 0.1) is 5.69 Å². The molecule has 0 bridgehead atoms. The SMILES string of the molecule is CNc1cc(-c2ccccc2F)cc(-c2ccccc2O)n1.